The number of ether oxygens (including phenoxy) is 1. The van der Waals surface area contributed by atoms with Gasteiger partial charge in [-0.15, -0.1) is 0 Å². The molecule has 1 aliphatic rings. The maximum Gasteiger partial charge on any atom is 0.0926 e. The van der Waals surface area contributed by atoms with Gasteiger partial charge in [0.1, 0.15) is 0 Å². The third-order valence-corrected chi connectivity index (χ3v) is 1.93. The summed E-state index contributed by atoms with van der Waals surface area (Å²) in [5.41, 5.74) is 0. The lowest BCUT2D eigenvalue weighted by Gasteiger charge is -2.22. The maximum atomic E-state index is 7.45. The Bertz CT molecular complexity index is 147. The summed E-state index contributed by atoms with van der Waals surface area (Å²) in [5.74, 6) is 0.655. The van der Waals surface area contributed by atoms with Crippen LogP contribution in [0.15, 0.2) is 0 Å². The molecule has 1 rings (SSSR count). The zero-order chi connectivity index (χ0) is 8.27. The van der Waals surface area contributed by atoms with E-state index in [2.05, 4.69) is 11.8 Å². The number of rotatable bonds is 0. The second kappa shape index (κ2) is 3.72. The van der Waals surface area contributed by atoms with Gasteiger partial charge in [-0.2, -0.15) is 0 Å². The Hall–Kier alpha value is -0.570. The van der Waals surface area contributed by atoms with Crippen molar-refractivity contribution in [1.29, 1.82) is 5.41 Å². The monoisotopic (exact) mass is 156 g/mol. The molecule has 0 spiro atoms. The standard InChI is InChI=1S/C8H16N2O/c1-7-6-10(8(2)9)4-3-5-11-7/h7,9H,3-6H2,1-2H3. The molecular formula is C8H16N2O. The fourth-order valence-corrected chi connectivity index (χ4v) is 1.30. The zero-order valence-corrected chi connectivity index (χ0v) is 7.26. The fraction of sp³-hybridized carbons (Fsp3) is 0.875. The smallest absolute Gasteiger partial charge is 0.0926 e. The average Bonchev–Trinajstić information content (AvgIpc) is 2.13. The molecule has 0 bridgehead atoms. The molecule has 1 fully saturated rings. The topological polar surface area (TPSA) is 36.3 Å². The minimum absolute atomic E-state index is 0.276. The van der Waals surface area contributed by atoms with Gasteiger partial charge in [-0.25, -0.2) is 0 Å². The third kappa shape index (κ3) is 2.50. The van der Waals surface area contributed by atoms with Crippen LogP contribution in [-0.4, -0.2) is 36.5 Å². The van der Waals surface area contributed by atoms with Crippen molar-refractivity contribution in [3.8, 4) is 0 Å². The Balaban J connectivity index is 2.45. The van der Waals surface area contributed by atoms with Crippen LogP contribution in [0.4, 0.5) is 0 Å². The highest BCUT2D eigenvalue weighted by atomic mass is 16.5. The van der Waals surface area contributed by atoms with Crippen LogP contribution in [-0.2, 0) is 4.74 Å². The van der Waals surface area contributed by atoms with Crippen molar-refractivity contribution >= 4 is 5.84 Å². The summed E-state index contributed by atoms with van der Waals surface area (Å²) in [6, 6.07) is 0. The van der Waals surface area contributed by atoms with Crippen molar-refractivity contribution in [2.75, 3.05) is 19.7 Å². The molecule has 11 heavy (non-hydrogen) atoms. The van der Waals surface area contributed by atoms with Crippen LogP contribution in [0.2, 0.25) is 0 Å². The van der Waals surface area contributed by atoms with E-state index in [1.165, 1.54) is 0 Å². The Morgan fingerprint density at radius 1 is 1.64 bits per heavy atom. The van der Waals surface area contributed by atoms with E-state index in [4.69, 9.17) is 10.1 Å². The molecule has 1 heterocycles. The molecule has 0 saturated carbocycles. The van der Waals surface area contributed by atoms with E-state index in [1.54, 1.807) is 0 Å². The van der Waals surface area contributed by atoms with Gasteiger partial charge in [-0.3, -0.25) is 5.41 Å². The number of hydrogen-bond donors (Lipinski definition) is 1. The summed E-state index contributed by atoms with van der Waals surface area (Å²) in [6.45, 7) is 6.57. The molecule has 3 heteroatoms. The van der Waals surface area contributed by atoms with Crippen molar-refractivity contribution in [2.24, 2.45) is 0 Å². The van der Waals surface area contributed by atoms with Gasteiger partial charge in [0.05, 0.1) is 11.9 Å². The van der Waals surface area contributed by atoms with Gasteiger partial charge in [0, 0.05) is 19.7 Å². The number of nitrogens with one attached hydrogen (secondary N) is 1. The predicted molar refractivity (Wildman–Crippen MR) is 45.0 cm³/mol. The van der Waals surface area contributed by atoms with Gasteiger partial charge in [0.15, 0.2) is 0 Å². The maximum absolute atomic E-state index is 7.45. The van der Waals surface area contributed by atoms with Crippen molar-refractivity contribution in [2.45, 2.75) is 26.4 Å². The van der Waals surface area contributed by atoms with Crippen LogP contribution >= 0.6 is 0 Å². The molecule has 0 radical (unpaired) electrons. The van der Waals surface area contributed by atoms with Crippen LogP contribution in [0.1, 0.15) is 20.3 Å². The molecule has 0 aliphatic carbocycles. The summed E-state index contributed by atoms with van der Waals surface area (Å²) in [6.07, 6.45) is 1.32. The Morgan fingerprint density at radius 2 is 2.36 bits per heavy atom. The fourth-order valence-electron chi connectivity index (χ4n) is 1.30. The quantitative estimate of drug-likeness (QED) is 0.421. The largest absolute Gasteiger partial charge is 0.377 e. The first kappa shape index (κ1) is 8.53. The van der Waals surface area contributed by atoms with Crippen molar-refractivity contribution in [3.63, 3.8) is 0 Å². The van der Waals surface area contributed by atoms with Gasteiger partial charge in [-0.1, -0.05) is 0 Å². The average molecular weight is 156 g/mol. The second-order valence-electron chi connectivity index (χ2n) is 3.07. The minimum Gasteiger partial charge on any atom is -0.377 e. The molecule has 1 saturated heterocycles. The number of nitrogens with zero attached hydrogens (tertiary/aromatic N) is 1. The Kier molecular flexibility index (Phi) is 2.88. The van der Waals surface area contributed by atoms with E-state index >= 15 is 0 Å². The molecule has 0 aromatic carbocycles. The summed E-state index contributed by atoms with van der Waals surface area (Å²) in [4.78, 5) is 2.07. The first-order valence-electron chi connectivity index (χ1n) is 4.12. The highest BCUT2D eigenvalue weighted by Gasteiger charge is 2.14. The van der Waals surface area contributed by atoms with Crippen molar-refractivity contribution in [3.05, 3.63) is 0 Å². The Labute approximate surface area is 67.8 Å². The van der Waals surface area contributed by atoms with Crippen LogP contribution < -0.4 is 0 Å². The zero-order valence-electron chi connectivity index (χ0n) is 7.26. The normalized spacial score (nSPS) is 26.4. The molecular weight excluding hydrogens is 140 g/mol. The van der Waals surface area contributed by atoms with Crippen LogP contribution in [0.5, 0.6) is 0 Å². The third-order valence-electron chi connectivity index (χ3n) is 1.93. The molecule has 0 aromatic rings. The molecule has 3 nitrogen and oxygen atoms in total. The van der Waals surface area contributed by atoms with Gasteiger partial charge in [0.2, 0.25) is 0 Å². The molecule has 64 valence electrons. The van der Waals surface area contributed by atoms with Gasteiger partial charge in [0.25, 0.3) is 0 Å². The highest BCUT2D eigenvalue weighted by molar-refractivity contribution is 5.76. The van der Waals surface area contributed by atoms with Crippen LogP contribution in [0.3, 0.4) is 0 Å². The van der Waals surface area contributed by atoms with E-state index in [9.17, 15) is 0 Å². The minimum atomic E-state index is 0.276. The summed E-state index contributed by atoms with van der Waals surface area (Å²) < 4.78 is 5.44. The lowest BCUT2D eigenvalue weighted by atomic mass is 10.3. The lowest BCUT2D eigenvalue weighted by molar-refractivity contribution is 0.0742. The van der Waals surface area contributed by atoms with Gasteiger partial charge >= 0.3 is 0 Å². The highest BCUT2D eigenvalue weighted by Crippen LogP contribution is 2.04. The van der Waals surface area contributed by atoms with Crippen molar-refractivity contribution < 1.29 is 4.74 Å². The second-order valence-corrected chi connectivity index (χ2v) is 3.07. The van der Waals surface area contributed by atoms with Crippen LogP contribution in [0, 0.1) is 5.41 Å². The number of amidine groups is 1. The van der Waals surface area contributed by atoms with Gasteiger partial charge in [-0.05, 0) is 20.3 Å². The SMILES string of the molecule is CC(=N)N1CCCOC(C)C1. The molecule has 1 atom stereocenters. The van der Waals surface area contributed by atoms with E-state index in [1.807, 2.05) is 6.92 Å². The molecule has 1 N–H and O–H groups in total. The molecule has 1 aliphatic heterocycles. The van der Waals surface area contributed by atoms with Crippen LogP contribution in [0.25, 0.3) is 0 Å². The molecule has 0 amide bonds. The number of hydrogen-bond acceptors (Lipinski definition) is 2. The van der Waals surface area contributed by atoms with E-state index < -0.39 is 0 Å². The first-order valence-corrected chi connectivity index (χ1v) is 4.12. The van der Waals surface area contributed by atoms with E-state index in [0.717, 1.165) is 26.1 Å². The van der Waals surface area contributed by atoms with Gasteiger partial charge < -0.3 is 9.64 Å². The van der Waals surface area contributed by atoms with Crippen molar-refractivity contribution in [1.82, 2.24) is 4.90 Å². The predicted octanol–water partition coefficient (Wildman–Crippen LogP) is 1.09. The Morgan fingerprint density at radius 3 is 3.00 bits per heavy atom. The summed E-state index contributed by atoms with van der Waals surface area (Å²) in [7, 11) is 0. The lowest BCUT2D eigenvalue weighted by Crippen LogP contribution is -2.33. The van der Waals surface area contributed by atoms with E-state index in [0.29, 0.717) is 5.84 Å². The van der Waals surface area contributed by atoms with E-state index in [-0.39, 0.29) is 6.10 Å². The molecule has 0 aromatic heterocycles. The summed E-state index contributed by atoms with van der Waals surface area (Å²) in [5, 5.41) is 7.45. The molecule has 1 unspecified atom stereocenters. The summed E-state index contributed by atoms with van der Waals surface area (Å²) >= 11 is 0. The first-order chi connectivity index (χ1) is 5.20.